The van der Waals surface area contributed by atoms with Crippen LogP contribution in [0, 0.1) is 9.85 Å². The minimum absolute atomic E-state index is 0.545. The molecule has 0 aliphatic carbocycles. The summed E-state index contributed by atoms with van der Waals surface area (Å²) < 4.78 is 2.76. The molecule has 1 aliphatic heterocycles. The van der Waals surface area contributed by atoms with E-state index in [1.165, 1.54) is 12.8 Å². The molecule has 2 nitrogen and oxygen atoms in total. The van der Waals surface area contributed by atoms with Crippen LogP contribution in [-0.2, 0) is 4.84 Å². The number of rotatable bonds is 2. The first kappa shape index (κ1) is 8.31. The molecular formula is C7H10INO. The zero-order valence-electron chi connectivity index (χ0n) is 5.77. The van der Waals surface area contributed by atoms with Crippen LogP contribution in [0.3, 0.4) is 0 Å². The Morgan fingerprint density at radius 3 is 2.70 bits per heavy atom. The van der Waals surface area contributed by atoms with Crippen molar-refractivity contribution < 1.29 is 4.84 Å². The van der Waals surface area contributed by atoms with Gasteiger partial charge in [-0.25, -0.2) is 0 Å². The molecule has 0 N–H and O–H groups in total. The highest BCUT2D eigenvalue weighted by molar-refractivity contribution is 14.1. The van der Waals surface area contributed by atoms with Gasteiger partial charge in [0.05, 0.1) is 0 Å². The Morgan fingerprint density at radius 2 is 2.10 bits per heavy atom. The third kappa shape index (κ3) is 2.86. The van der Waals surface area contributed by atoms with Gasteiger partial charge in [0.2, 0.25) is 0 Å². The molecule has 0 aromatic rings. The molecule has 1 saturated heterocycles. The Kier molecular flexibility index (Phi) is 4.10. The largest absolute Gasteiger partial charge is 0.286 e. The number of hydrogen-bond acceptors (Lipinski definition) is 2. The summed E-state index contributed by atoms with van der Waals surface area (Å²) in [5.41, 5.74) is 0. The van der Waals surface area contributed by atoms with Crippen LogP contribution in [0.4, 0.5) is 0 Å². The summed E-state index contributed by atoms with van der Waals surface area (Å²) in [5, 5.41) is 1.99. The lowest BCUT2D eigenvalue weighted by Crippen LogP contribution is -2.19. The van der Waals surface area contributed by atoms with E-state index in [2.05, 4.69) is 9.85 Å². The first-order chi connectivity index (χ1) is 4.93. The predicted octanol–water partition coefficient (Wildman–Crippen LogP) is 1.41. The van der Waals surface area contributed by atoms with E-state index in [-0.39, 0.29) is 0 Å². The molecule has 0 unspecified atom stereocenters. The van der Waals surface area contributed by atoms with Gasteiger partial charge >= 0.3 is 0 Å². The van der Waals surface area contributed by atoms with Crippen molar-refractivity contribution >= 4 is 22.6 Å². The van der Waals surface area contributed by atoms with Gasteiger partial charge in [0.15, 0.2) is 0 Å². The minimum atomic E-state index is 0.545. The Labute approximate surface area is 75.0 Å². The second kappa shape index (κ2) is 4.94. The van der Waals surface area contributed by atoms with Crippen LogP contribution < -0.4 is 0 Å². The maximum absolute atomic E-state index is 5.30. The zero-order valence-corrected chi connectivity index (χ0v) is 7.93. The van der Waals surface area contributed by atoms with E-state index in [1.807, 2.05) is 27.7 Å². The summed E-state index contributed by atoms with van der Waals surface area (Å²) in [6, 6.07) is 0. The van der Waals surface area contributed by atoms with Gasteiger partial charge in [-0.05, 0) is 16.8 Å². The molecule has 1 fully saturated rings. The van der Waals surface area contributed by atoms with Crippen LogP contribution in [-0.4, -0.2) is 24.8 Å². The fourth-order valence-corrected chi connectivity index (χ4v) is 1.12. The summed E-state index contributed by atoms with van der Waals surface area (Å²) in [4.78, 5) is 5.30. The maximum atomic E-state index is 5.30. The molecule has 56 valence electrons. The maximum Gasteiger partial charge on any atom is 0.130 e. The minimum Gasteiger partial charge on any atom is -0.286 e. The van der Waals surface area contributed by atoms with Crippen LogP contribution in [0.2, 0.25) is 0 Å². The Morgan fingerprint density at radius 1 is 1.40 bits per heavy atom. The van der Waals surface area contributed by atoms with Crippen LogP contribution in [0.15, 0.2) is 0 Å². The van der Waals surface area contributed by atoms with Crippen molar-refractivity contribution in [2.75, 3.05) is 19.7 Å². The van der Waals surface area contributed by atoms with Crippen molar-refractivity contribution in [2.45, 2.75) is 12.8 Å². The van der Waals surface area contributed by atoms with Crippen molar-refractivity contribution in [3.63, 3.8) is 0 Å². The Bertz CT molecular complexity index is 143. The van der Waals surface area contributed by atoms with Crippen molar-refractivity contribution in [3.8, 4) is 9.85 Å². The van der Waals surface area contributed by atoms with Crippen molar-refractivity contribution in [3.05, 3.63) is 0 Å². The molecular weight excluding hydrogens is 241 g/mol. The fourth-order valence-electron chi connectivity index (χ4n) is 0.968. The number of hydroxylamine groups is 2. The average Bonchev–Trinajstić information content (AvgIpc) is 2.41. The molecule has 0 spiro atoms. The standard InChI is InChI=1S/C7H10INO/c8-4-3-7-10-9-5-1-2-6-9/h1-2,5-7H2. The monoisotopic (exact) mass is 251 g/mol. The van der Waals surface area contributed by atoms with Crippen molar-refractivity contribution in [1.82, 2.24) is 5.06 Å². The summed E-state index contributed by atoms with van der Waals surface area (Å²) in [7, 11) is 0. The summed E-state index contributed by atoms with van der Waals surface area (Å²) in [5.74, 6) is 2.85. The normalized spacial score (nSPS) is 18.5. The Hall–Kier alpha value is 0.210. The fraction of sp³-hybridized carbons (Fsp3) is 0.714. The van der Waals surface area contributed by atoms with Gasteiger partial charge in [-0.2, -0.15) is 5.06 Å². The summed E-state index contributed by atoms with van der Waals surface area (Å²) in [6.45, 7) is 2.69. The van der Waals surface area contributed by atoms with Crippen molar-refractivity contribution in [2.24, 2.45) is 0 Å². The molecule has 10 heavy (non-hydrogen) atoms. The molecule has 0 bridgehead atoms. The molecule has 3 heteroatoms. The van der Waals surface area contributed by atoms with Crippen LogP contribution in [0.25, 0.3) is 0 Å². The van der Waals surface area contributed by atoms with E-state index in [0.29, 0.717) is 6.61 Å². The van der Waals surface area contributed by atoms with Crippen LogP contribution >= 0.6 is 22.6 Å². The molecule has 0 atom stereocenters. The number of nitrogens with zero attached hydrogens (tertiary/aromatic N) is 1. The molecule has 0 aromatic heterocycles. The van der Waals surface area contributed by atoms with Gasteiger partial charge in [0.1, 0.15) is 6.61 Å². The van der Waals surface area contributed by atoms with Gasteiger partial charge in [-0.3, -0.25) is 4.84 Å². The molecule has 0 aromatic carbocycles. The quantitative estimate of drug-likeness (QED) is 0.543. The van der Waals surface area contributed by atoms with Gasteiger partial charge in [-0.1, -0.05) is 5.92 Å². The molecule has 0 saturated carbocycles. The zero-order chi connectivity index (χ0) is 7.23. The average molecular weight is 251 g/mol. The van der Waals surface area contributed by atoms with Gasteiger partial charge < -0.3 is 0 Å². The lowest BCUT2D eigenvalue weighted by molar-refractivity contribution is -0.128. The predicted molar refractivity (Wildman–Crippen MR) is 48.6 cm³/mol. The van der Waals surface area contributed by atoms with E-state index in [9.17, 15) is 0 Å². The number of halogens is 1. The van der Waals surface area contributed by atoms with E-state index in [4.69, 9.17) is 4.84 Å². The van der Waals surface area contributed by atoms with Crippen LogP contribution in [0.5, 0.6) is 0 Å². The second-order valence-corrected chi connectivity index (χ2v) is 2.72. The third-order valence-electron chi connectivity index (χ3n) is 1.45. The lowest BCUT2D eigenvalue weighted by atomic mass is 10.4. The lowest BCUT2D eigenvalue weighted by Gasteiger charge is -2.11. The van der Waals surface area contributed by atoms with E-state index in [0.717, 1.165) is 13.1 Å². The van der Waals surface area contributed by atoms with Gasteiger partial charge in [-0.15, -0.1) is 0 Å². The highest BCUT2D eigenvalue weighted by atomic mass is 127. The van der Waals surface area contributed by atoms with Crippen LogP contribution in [0.1, 0.15) is 12.8 Å². The van der Waals surface area contributed by atoms with E-state index in [1.54, 1.807) is 0 Å². The molecule has 1 rings (SSSR count). The summed E-state index contributed by atoms with van der Waals surface area (Å²) in [6.07, 6.45) is 2.52. The Balaban J connectivity index is 2.05. The van der Waals surface area contributed by atoms with E-state index < -0.39 is 0 Å². The second-order valence-electron chi connectivity index (χ2n) is 2.18. The third-order valence-corrected chi connectivity index (χ3v) is 1.83. The number of hydrogen-bond donors (Lipinski definition) is 0. The topological polar surface area (TPSA) is 12.5 Å². The first-order valence-electron chi connectivity index (χ1n) is 3.40. The van der Waals surface area contributed by atoms with E-state index >= 15 is 0 Å². The SMILES string of the molecule is IC#CCON1CCCC1. The highest BCUT2D eigenvalue weighted by Crippen LogP contribution is 2.06. The smallest absolute Gasteiger partial charge is 0.130 e. The molecule has 1 aliphatic rings. The molecule has 0 radical (unpaired) electrons. The molecule has 0 amide bonds. The highest BCUT2D eigenvalue weighted by Gasteiger charge is 2.10. The van der Waals surface area contributed by atoms with Crippen molar-refractivity contribution in [1.29, 1.82) is 0 Å². The van der Waals surface area contributed by atoms with Gasteiger partial charge in [0.25, 0.3) is 0 Å². The van der Waals surface area contributed by atoms with Gasteiger partial charge in [0, 0.05) is 35.7 Å². The molecule has 1 heterocycles. The summed E-state index contributed by atoms with van der Waals surface area (Å²) >= 11 is 2.01. The first-order valence-corrected chi connectivity index (χ1v) is 4.47.